The number of nitro groups is 1. The highest BCUT2D eigenvalue weighted by Crippen LogP contribution is 2.32. The quantitative estimate of drug-likeness (QED) is 0.447. The van der Waals surface area contributed by atoms with Gasteiger partial charge in [0, 0.05) is 19.2 Å². The fraction of sp³-hybridized carbons (Fsp3) is 0.357. The zero-order valence-corrected chi connectivity index (χ0v) is 15.1. The summed E-state index contributed by atoms with van der Waals surface area (Å²) in [6.45, 7) is 1.45. The summed E-state index contributed by atoms with van der Waals surface area (Å²) in [5.74, 6) is -1.59. The number of nitro benzene ring substituents is 1. The minimum Gasteiger partial charge on any atom is -0.495 e. The number of non-ortho nitro benzene ring substituents is 1. The number of methoxy groups -OCH3 is 1. The largest absolute Gasteiger partial charge is 0.495 e. The van der Waals surface area contributed by atoms with Crippen LogP contribution in [0.4, 0.5) is 24.5 Å². The molecule has 1 aromatic carbocycles. The van der Waals surface area contributed by atoms with Crippen molar-refractivity contribution in [1.82, 2.24) is 14.8 Å². The first kappa shape index (κ1) is 20.5. The van der Waals surface area contributed by atoms with Crippen molar-refractivity contribution >= 4 is 29.0 Å². The number of hydrogen-bond donors (Lipinski definition) is 1. The van der Waals surface area contributed by atoms with Crippen LogP contribution in [0.25, 0.3) is 0 Å². The fourth-order valence-electron chi connectivity index (χ4n) is 2.02. The molecule has 2 rings (SSSR count). The van der Waals surface area contributed by atoms with Crippen molar-refractivity contribution in [2.75, 3.05) is 12.4 Å². The molecule has 0 saturated heterocycles. The van der Waals surface area contributed by atoms with Gasteiger partial charge in [-0.15, -0.1) is 10.2 Å². The van der Waals surface area contributed by atoms with E-state index in [1.807, 2.05) is 0 Å². The number of rotatable bonds is 6. The van der Waals surface area contributed by atoms with Crippen molar-refractivity contribution in [1.29, 1.82) is 0 Å². The third kappa shape index (κ3) is 4.67. The summed E-state index contributed by atoms with van der Waals surface area (Å²) in [6, 6.07) is 3.66. The molecule has 0 saturated carbocycles. The molecule has 13 heteroatoms. The number of nitrogens with zero attached hydrogens (tertiary/aromatic N) is 4. The van der Waals surface area contributed by atoms with Crippen LogP contribution >= 0.6 is 11.8 Å². The van der Waals surface area contributed by atoms with E-state index in [0.29, 0.717) is 0 Å². The SMILES string of the molecule is COc1ccc([N+](=O)[O-])cc1NC(=O)[C@H](C)Sc1nnc(C(F)(F)F)n1C. The van der Waals surface area contributed by atoms with Gasteiger partial charge in [0.2, 0.25) is 11.7 Å². The average Bonchev–Trinajstić information content (AvgIpc) is 2.95. The number of halogens is 3. The topological polar surface area (TPSA) is 112 Å². The average molecular weight is 405 g/mol. The minimum atomic E-state index is -4.66. The van der Waals surface area contributed by atoms with Crippen LogP contribution in [0, 0.1) is 10.1 Å². The molecule has 0 spiro atoms. The van der Waals surface area contributed by atoms with Crippen molar-refractivity contribution in [2.45, 2.75) is 23.5 Å². The number of carbonyl (C=O) groups is 1. The number of anilines is 1. The summed E-state index contributed by atoms with van der Waals surface area (Å²) in [5, 5.41) is 18.9. The molecule has 1 aromatic heterocycles. The van der Waals surface area contributed by atoms with Crippen LogP contribution in [0.15, 0.2) is 23.4 Å². The molecular formula is C14H14F3N5O4S. The molecule has 9 nitrogen and oxygen atoms in total. The smallest absolute Gasteiger partial charge is 0.451 e. The normalized spacial score (nSPS) is 12.5. The van der Waals surface area contributed by atoms with Gasteiger partial charge in [-0.1, -0.05) is 11.8 Å². The van der Waals surface area contributed by atoms with E-state index in [9.17, 15) is 28.1 Å². The van der Waals surface area contributed by atoms with Crippen molar-refractivity contribution in [3.63, 3.8) is 0 Å². The molecule has 0 radical (unpaired) electrons. The van der Waals surface area contributed by atoms with Gasteiger partial charge >= 0.3 is 6.18 Å². The Balaban J connectivity index is 2.16. The summed E-state index contributed by atoms with van der Waals surface area (Å²) in [4.78, 5) is 22.6. The predicted molar refractivity (Wildman–Crippen MR) is 89.6 cm³/mol. The monoisotopic (exact) mass is 405 g/mol. The Morgan fingerprint density at radius 2 is 2.07 bits per heavy atom. The van der Waals surface area contributed by atoms with E-state index >= 15 is 0 Å². The summed E-state index contributed by atoms with van der Waals surface area (Å²) in [7, 11) is 2.46. The Bertz CT molecular complexity index is 871. The van der Waals surface area contributed by atoms with Crippen molar-refractivity contribution in [3.8, 4) is 5.75 Å². The van der Waals surface area contributed by atoms with E-state index in [2.05, 4.69) is 15.5 Å². The first-order chi connectivity index (χ1) is 12.5. The first-order valence-corrected chi connectivity index (χ1v) is 8.19. The number of ether oxygens (including phenoxy) is 1. The fourth-order valence-corrected chi connectivity index (χ4v) is 2.83. The van der Waals surface area contributed by atoms with E-state index in [4.69, 9.17) is 4.74 Å². The van der Waals surface area contributed by atoms with E-state index in [-0.39, 0.29) is 22.3 Å². The first-order valence-electron chi connectivity index (χ1n) is 7.31. The zero-order chi connectivity index (χ0) is 20.4. The number of alkyl halides is 3. The lowest BCUT2D eigenvalue weighted by Gasteiger charge is -2.14. The van der Waals surface area contributed by atoms with Crippen LogP contribution in [0.5, 0.6) is 5.75 Å². The van der Waals surface area contributed by atoms with Gasteiger partial charge in [0.05, 0.1) is 23.0 Å². The standard InChI is InChI=1S/C14H14F3N5O4S/c1-7(27-13-20-19-12(21(13)2)14(15,16)17)11(23)18-9-6-8(22(24)25)4-5-10(9)26-3/h4-7H,1-3H3,(H,18,23)/t7-/m0/s1. The van der Waals surface area contributed by atoms with Crippen molar-refractivity contribution in [3.05, 3.63) is 34.1 Å². The van der Waals surface area contributed by atoms with Crippen LogP contribution in [-0.2, 0) is 18.0 Å². The van der Waals surface area contributed by atoms with Gasteiger partial charge in [-0.3, -0.25) is 14.9 Å². The number of aromatic nitrogens is 3. The molecule has 0 fully saturated rings. The Morgan fingerprint density at radius 3 is 2.59 bits per heavy atom. The number of amides is 1. The van der Waals surface area contributed by atoms with Crippen LogP contribution < -0.4 is 10.1 Å². The molecule has 27 heavy (non-hydrogen) atoms. The Labute approximate surface area is 155 Å². The second kappa shape index (κ2) is 7.82. The van der Waals surface area contributed by atoms with Crippen LogP contribution in [-0.4, -0.2) is 38.0 Å². The van der Waals surface area contributed by atoms with Gasteiger partial charge in [0.25, 0.3) is 5.69 Å². The lowest BCUT2D eigenvalue weighted by atomic mass is 10.2. The second-order valence-electron chi connectivity index (χ2n) is 5.25. The highest BCUT2D eigenvalue weighted by Gasteiger charge is 2.38. The maximum atomic E-state index is 12.8. The summed E-state index contributed by atoms with van der Waals surface area (Å²) in [6.07, 6.45) is -4.66. The van der Waals surface area contributed by atoms with E-state index < -0.39 is 28.1 Å². The Kier molecular flexibility index (Phi) is 5.93. The van der Waals surface area contributed by atoms with E-state index in [1.54, 1.807) is 0 Å². The predicted octanol–water partition coefficient (Wildman–Crippen LogP) is 2.87. The Hall–Kier alpha value is -2.83. The summed E-state index contributed by atoms with van der Waals surface area (Å²) >= 11 is 0.761. The maximum absolute atomic E-state index is 12.8. The molecule has 1 heterocycles. The molecule has 0 unspecified atom stereocenters. The Morgan fingerprint density at radius 1 is 1.41 bits per heavy atom. The van der Waals surface area contributed by atoms with Gasteiger partial charge in [0.1, 0.15) is 5.75 Å². The van der Waals surface area contributed by atoms with Gasteiger partial charge < -0.3 is 14.6 Å². The highest BCUT2D eigenvalue weighted by molar-refractivity contribution is 8.00. The van der Waals surface area contributed by atoms with Gasteiger partial charge in [-0.2, -0.15) is 13.2 Å². The van der Waals surface area contributed by atoms with Crippen LogP contribution in [0.1, 0.15) is 12.7 Å². The number of hydrogen-bond acceptors (Lipinski definition) is 7. The molecule has 0 aliphatic heterocycles. The molecular weight excluding hydrogens is 391 g/mol. The van der Waals surface area contributed by atoms with Crippen LogP contribution in [0.2, 0.25) is 0 Å². The molecule has 1 N–H and O–H groups in total. The minimum absolute atomic E-state index is 0.0677. The number of nitrogens with one attached hydrogen (secondary N) is 1. The number of benzene rings is 1. The van der Waals surface area contributed by atoms with Crippen molar-refractivity contribution in [2.24, 2.45) is 7.05 Å². The molecule has 146 valence electrons. The summed E-state index contributed by atoms with van der Waals surface area (Å²) < 4.78 is 44.0. The van der Waals surface area contributed by atoms with Crippen molar-refractivity contribution < 1.29 is 27.6 Å². The molecule has 0 bridgehead atoms. The second-order valence-corrected chi connectivity index (χ2v) is 6.56. The van der Waals surface area contributed by atoms with Gasteiger partial charge in [0.15, 0.2) is 5.16 Å². The molecule has 1 amide bonds. The molecule has 1 atom stereocenters. The maximum Gasteiger partial charge on any atom is 0.451 e. The molecule has 0 aliphatic carbocycles. The van der Waals surface area contributed by atoms with Gasteiger partial charge in [-0.05, 0) is 13.0 Å². The third-order valence-corrected chi connectivity index (χ3v) is 4.53. The lowest BCUT2D eigenvalue weighted by molar-refractivity contribution is -0.384. The van der Waals surface area contributed by atoms with E-state index in [1.165, 1.54) is 26.2 Å². The number of thioether (sulfide) groups is 1. The van der Waals surface area contributed by atoms with Gasteiger partial charge in [-0.25, -0.2) is 0 Å². The highest BCUT2D eigenvalue weighted by atomic mass is 32.2. The molecule has 2 aromatic rings. The molecule has 0 aliphatic rings. The zero-order valence-electron chi connectivity index (χ0n) is 14.3. The van der Waals surface area contributed by atoms with E-state index in [0.717, 1.165) is 29.4 Å². The summed E-state index contributed by atoms with van der Waals surface area (Å²) in [5.41, 5.74) is -0.187. The van der Waals surface area contributed by atoms with Crippen LogP contribution in [0.3, 0.4) is 0 Å². The third-order valence-electron chi connectivity index (χ3n) is 3.39. The number of carbonyl (C=O) groups excluding carboxylic acids is 1. The lowest BCUT2D eigenvalue weighted by Crippen LogP contribution is -2.23.